The molecule has 190 valence electrons. The van der Waals surface area contributed by atoms with Crippen molar-refractivity contribution in [2.45, 2.75) is 63.5 Å². The number of aryl methyl sites for hydroxylation is 1. The monoisotopic (exact) mass is 482 g/mol. The van der Waals surface area contributed by atoms with Crippen LogP contribution in [0.5, 0.6) is 0 Å². The predicted molar refractivity (Wildman–Crippen MR) is 150 cm³/mol. The van der Waals surface area contributed by atoms with Crippen LogP contribution in [0.25, 0.3) is 0 Å². The van der Waals surface area contributed by atoms with Gasteiger partial charge in [-0.2, -0.15) is 0 Å². The van der Waals surface area contributed by atoms with Crippen LogP contribution in [0.15, 0.2) is 91.0 Å². The van der Waals surface area contributed by atoms with Crippen LogP contribution in [0.1, 0.15) is 62.1 Å². The zero-order valence-electron chi connectivity index (χ0n) is 22.1. The third-order valence-corrected chi connectivity index (χ3v) is 7.91. The highest BCUT2D eigenvalue weighted by Gasteiger charge is 2.40. The summed E-state index contributed by atoms with van der Waals surface area (Å²) in [5.74, 6) is 0.158. The normalized spacial score (nSPS) is 15.4. The summed E-state index contributed by atoms with van der Waals surface area (Å²) >= 11 is 0. The fraction of sp³-hybridized carbons (Fsp3) is 0.424. The molecule has 1 unspecified atom stereocenters. The molecule has 0 spiro atoms. The molecule has 1 heterocycles. The van der Waals surface area contributed by atoms with E-state index < -0.39 is 0 Å². The summed E-state index contributed by atoms with van der Waals surface area (Å²) in [6.07, 6.45) is 6.64. The molecule has 1 aliphatic rings. The van der Waals surface area contributed by atoms with Crippen LogP contribution < -0.4 is 0 Å². The smallest absolute Gasteiger partial charge is 0.137 e. The van der Waals surface area contributed by atoms with Gasteiger partial charge in [0.05, 0.1) is 6.04 Å². The molecule has 3 aromatic rings. The van der Waals surface area contributed by atoms with E-state index in [1.807, 2.05) is 0 Å². The van der Waals surface area contributed by atoms with Crippen molar-refractivity contribution in [1.82, 2.24) is 9.80 Å². The van der Waals surface area contributed by atoms with Crippen molar-refractivity contribution in [3.8, 4) is 0 Å². The van der Waals surface area contributed by atoms with Crippen molar-refractivity contribution < 1.29 is 4.79 Å². The lowest BCUT2D eigenvalue weighted by atomic mass is 9.75. The van der Waals surface area contributed by atoms with Crippen LogP contribution in [0.4, 0.5) is 0 Å². The van der Waals surface area contributed by atoms with Gasteiger partial charge in [0.1, 0.15) is 6.29 Å². The maximum Gasteiger partial charge on any atom is 0.137 e. The first-order chi connectivity index (χ1) is 17.6. The Morgan fingerprint density at radius 3 is 1.89 bits per heavy atom. The molecular formula is C33H42N2O. The Hall–Kier alpha value is -2.75. The molecule has 36 heavy (non-hydrogen) atoms. The number of aldehydes is 1. The second kappa shape index (κ2) is 13.0. The standard InChI is InChI=1S/C33H42N2O/c1-33(2,32(29-17-8-4-9-18-29)30-19-10-5-11-20-30)35(26-14-25-34-23-12-13-24-34)31(27-36)22-21-28-15-6-3-7-16-28/h3-11,15-20,27,31-32H,12-14,21-26H2,1-2H3. The number of benzene rings is 3. The Bertz CT molecular complexity index is 990. The summed E-state index contributed by atoms with van der Waals surface area (Å²) < 4.78 is 0. The van der Waals surface area contributed by atoms with Crippen LogP contribution in [0, 0.1) is 0 Å². The average Bonchev–Trinajstić information content (AvgIpc) is 3.43. The van der Waals surface area contributed by atoms with Gasteiger partial charge in [0.2, 0.25) is 0 Å². The molecule has 0 aliphatic carbocycles. The van der Waals surface area contributed by atoms with Crippen molar-refractivity contribution in [3.63, 3.8) is 0 Å². The van der Waals surface area contributed by atoms with Gasteiger partial charge in [-0.3, -0.25) is 4.90 Å². The first-order valence-corrected chi connectivity index (χ1v) is 13.7. The van der Waals surface area contributed by atoms with Crippen molar-refractivity contribution in [2.24, 2.45) is 0 Å². The number of carbonyl (C=O) groups excluding carboxylic acids is 1. The largest absolute Gasteiger partial charge is 0.303 e. The highest BCUT2D eigenvalue weighted by Crippen LogP contribution is 2.40. The lowest BCUT2D eigenvalue weighted by Gasteiger charge is -2.47. The van der Waals surface area contributed by atoms with Gasteiger partial charge in [-0.1, -0.05) is 91.0 Å². The number of hydrogen-bond donors (Lipinski definition) is 0. The van der Waals surface area contributed by atoms with E-state index in [2.05, 4.69) is 115 Å². The van der Waals surface area contributed by atoms with Gasteiger partial charge in [0.25, 0.3) is 0 Å². The average molecular weight is 483 g/mol. The predicted octanol–water partition coefficient (Wildman–Crippen LogP) is 6.59. The number of likely N-dealkylation sites (tertiary alicyclic amines) is 1. The maximum atomic E-state index is 12.7. The van der Waals surface area contributed by atoms with Crippen molar-refractivity contribution in [2.75, 3.05) is 26.2 Å². The maximum absolute atomic E-state index is 12.7. The SMILES string of the molecule is CC(C)(C(c1ccccc1)c1ccccc1)N(CCCN1CCCC1)C(C=O)CCc1ccccc1. The summed E-state index contributed by atoms with van der Waals surface area (Å²) in [6, 6.07) is 32.1. The van der Waals surface area contributed by atoms with Gasteiger partial charge in [-0.25, -0.2) is 0 Å². The summed E-state index contributed by atoms with van der Waals surface area (Å²) in [6.45, 7) is 9.13. The number of hydrogen-bond acceptors (Lipinski definition) is 3. The van der Waals surface area contributed by atoms with Gasteiger partial charge in [-0.05, 0) is 82.3 Å². The van der Waals surface area contributed by atoms with Gasteiger partial charge in [0, 0.05) is 18.0 Å². The first kappa shape index (κ1) is 26.3. The third kappa shape index (κ3) is 6.72. The molecule has 0 amide bonds. The number of carbonyl (C=O) groups is 1. The molecule has 0 aromatic heterocycles. The molecule has 0 saturated carbocycles. The minimum Gasteiger partial charge on any atom is -0.303 e. The van der Waals surface area contributed by atoms with E-state index >= 15 is 0 Å². The fourth-order valence-electron chi connectivity index (χ4n) is 6.07. The number of rotatable bonds is 13. The van der Waals surface area contributed by atoms with Crippen LogP contribution in [-0.4, -0.2) is 53.8 Å². The van der Waals surface area contributed by atoms with Crippen LogP contribution in [0.2, 0.25) is 0 Å². The lowest BCUT2D eigenvalue weighted by Crippen LogP contribution is -2.55. The minimum absolute atomic E-state index is 0.131. The Kier molecular flexibility index (Phi) is 9.49. The van der Waals surface area contributed by atoms with Gasteiger partial charge >= 0.3 is 0 Å². The molecule has 4 rings (SSSR count). The Morgan fingerprint density at radius 1 is 0.833 bits per heavy atom. The molecule has 3 heteroatoms. The minimum atomic E-state index is -0.254. The summed E-state index contributed by atoms with van der Waals surface area (Å²) in [4.78, 5) is 17.8. The van der Waals surface area contributed by atoms with E-state index in [-0.39, 0.29) is 17.5 Å². The van der Waals surface area contributed by atoms with Crippen molar-refractivity contribution in [3.05, 3.63) is 108 Å². The van der Waals surface area contributed by atoms with Crippen molar-refractivity contribution in [1.29, 1.82) is 0 Å². The third-order valence-electron chi connectivity index (χ3n) is 7.91. The summed E-state index contributed by atoms with van der Waals surface area (Å²) in [7, 11) is 0. The van der Waals surface area contributed by atoms with Crippen LogP contribution in [-0.2, 0) is 11.2 Å². The molecule has 0 bridgehead atoms. The summed E-state index contributed by atoms with van der Waals surface area (Å²) in [5, 5.41) is 0. The van der Waals surface area contributed by atoms with E-state index in [1.165, 1.54) is 48.9 Å². The van der Waals surface area contributed by atoms with Crippen LogP contribution in [0.3, 0.4) is 0 Å². The van der Waals surface area contributed by atoms with E-state index in [0.29, 0.717) is 0 Å². The molecule has 1 fully saturated rings. The molecule has 1 atom stereocenters. The Labute approximate surface area is 218 Å². The van der Waals surface area contributed by atoms with E-state index in [1.54, 1.807) is 0 Å². The topological polar surface area (TPSA) is 23.6 Å². The number of nitrogens with zero attached hydrogens (tertiary/aromatic N) is 2. The van der Waals surface area contributed by atoms with Crippen LogP contribution >= 0.6 is 0 Å². The fourth-order valence-corrected chi connectivity index (χ4v) is 6.07. The summed E-state index contributed by atoms with van der Waals surface area (Å²) in [5.41, 5.74) is 3.63. The lowest BCUT2D eigenvalue weighted by molar-refractivity contribution is -0.115. The Morgan fingerprint density at radius 2 is 1.36 bits per heavy atom. The van der Waals surface area contributed by atoms with Gasteiger partial charge in [0.15, 0.2) is 0 Å². The second-order valence-electron chi connectivity index (χ2n) is 10.7. The molecule has 1 aliphatic heterocycles. The Balaban J connectivity index is 1.63. The molecule has 0 N–H and O–H groups in total. The molecular weight excluding hydrogens is 440 g/mol. The molecule has 3 nitrogen and oxygen atoms in total. The highest BCUT2D eigenvalue weighted by atomic mass is 16.1. The van der Waals surface area contributed by atoms with Crippen molar-refractivity contribution >= 4 is 6.29 Å². The van der Waals surface area contributed by atoms with E-state index in [0.717, 1.165) is 32.4 Å². The quantitative estimate of drug-likeness (QED) is 0.257. The molecule has 1 saturated heterocycles. The van der Waals surface area contributed by atoms with E-state index in [9.17, 15) is 4.79 Å². The van der Waals surface area contributed by atoms with Gasteiger partial charge < -0.3 is 9.69 Å². The van der Waals surface area contributed by atoms with E-state index in [4.69, 9.17) is 0 Å². The zero-order valence-corrected chi connectivity index (χ0v) is 22.1. The second-order valence-corrected chi connectivity index (χ2v) is 10.7. The molecule has 0 radical (unpaired) electrons. The molecule has 3 aromatic carbocycles. The highest BCUT2D eigenvalue weighted by molar-refractivity contribution is 5.58. The van der Waals surface area contributed by atoms with Gasteiger partial charge in [-0.15, -0.1) is 0 Å². The first-order valence-electron chi connectivity index (χ1n) is 13.7. The zero-order chi connectivity index (χ0) is 25.2.